The lowest BCUT2D eigenvalue weighted by Gasteiger charge is -2.31. The number of benzene rings is 1. The maximum absolute atomic E-state index is 9.11. The van der Waals surface area contributed by atoms with Gasteiger partial charge in [0.25, 0.3) is 0 Å². The minimum Gasteiger partial charge on any atom is -0.490 e. The smallest absolute Gasteiger partial charge is 0.161 e. The van der Waals surface area contributed by atoms with E-state index < -0.39 is 0 Å². The number of nitrogens with zero attached hydrogens (tertiary/aromatic N) is 1. The van der Waals surface area contributed by atoms with Crippen LogP contribution in [-0.4, -0.2) is 62.2 Å². The van der Waals surface area contributed by atoms with E-state index in [2.05, 4.69) is 4.90 Å². The minimum atomic E-state index is -0.0699. The van der Waals surface area contributed by atoms with E-state index in [0.29, 0.717) is 19.8 Å². The van der Waals surface area contributed by atoms with E-state index in [-0.39, 0.29) is 12.7 Å². The maximum Gasteiger partial charge on any atom is 0.161 e. The van der Waals surface area contributed by atoms with Crippen LogP contribution in [-0.2, 0) is 4.74 Å². The van der Waals surface area contributed by atoms with Crippen LogP contribution in [0, 0.1) is 0 Å². The van der Waals surface area contributed by atoms with Gasteiger partial charge in [-0.2, -0.15) is 0 Å². The fourth-order valence-electron chi connectivity index (χ4n) is 2.22. The molecular weight excluding hydrogens is 258 g/mol. The van der Waals surface area contributed by atoms with Crippen LogP contribution in [0.2, 0.25) is 0 Å². The van der Waals surface area contributed by atoms with Crippen LogP contribution in [0.15, 0.2) is 24.3 Å². The first-order chi connectivity index (χ1) is 9.83. The molecule has 0 aromatic heterocycles. The monoisotopic (exact) mass is 281 g/mol. The zero-order valence-corrected chi connectivity index (χ0v) is 12.0. The van der Waals surface area contributed by atoms with E-state index in [9.17, 15) is 0 Å². The fraction of sp³-hybridized carbons (Fsp3) is 0.600. The Balaban J connectivity index is 1.78. The first kappa shape index (κ1) is 15.1. The summed E-state index contributed by atoms with van der Waals surface area (Å²) in [6.07, 6.45) is -0.0699. The van der Waals surface area contributed by atoms with Gasteiger partial charge in [0.2, 0.25) is 0 Å². The number of ether oxygens (including phenoxy) is 3. The van der Waals surface area contributed by atoms with Crippen molar-refractivity contribution >= 4 is 0 Å². The van der Waals surface area contributed by atoms with Gasteiger partial charge in [-0.15, -0.1) is 0 Å². The predicted octanol–water partition coefficient (Wildman–Crippen LogP) is 1.16. The standard InChI is InChI=1S/C15H23NO4/c1-2-18-14-5-3-4-6-15(14)20-10-8-16-7-9-19-13(11-16)12-17/h3-6,13,17H,2,7-12H2,1H3. The van der Waals surface area contributed by atoms with E-state index >= 15 is 0 Å². The first-order valence-electron chi connectivity index (χ1n) is 7.13. The summed E-state index contributed by atoms with van der Waals surface area (Å²) < 4.78 is 16.7. The van der Waals surface area contributed by atoms with Gasteiger partial charge in [0, 0.05) is 19.6 Å². The molecule has 1 aliphatic rings. The van der Waals surface area contributed by atoms with Crippen molar-refractivity contribution in [1.82, 2.24) is 4.90 Å². The lowest BCUT2D eigenvalue weighted by molar-refractivity contribution is -0.0548. The summed E-state index contributed by atoms with van der Waals surface area (Å²) in [5, 5.41) is 9.11. The first-order valence-corrected chi connectivity index (χ1v) is 7.13. The number of hydrogen-bond acceptors (Lipinski definition) is 5. The van der Waals surface area contributed by atoms with Crippen LogP contribution in [0.3, 0.4) is 0 Å². The molecule has 0 spiro atoms. The van der Waals surface area contributed by atoms with E-state index in [0.717, 1.165) is 31.1 Å². The zero-order valence-electron chi connectivity index (χ0n) is 12.0. The molecule has 2 rings (SSSR count). The van der Waals surface area contributed by atoms with E-state index in [4.69, 9.17) is 19.3 Å². The summed E-state index contributed by atoms with van der Waals surface area (Å²) in [5.41, 5.74) is 0. The molecule has 1 fully saturated rings. The second kappa shape index (κ2) is 8.09. The number of hydrogen-bond donors (Lipinski definition) is 1. The molecule has 1 heterocycles. The molecule has 1 N–H and O–H groups in total. The normalized spacial score (nSPS) is 19.8. The Morgan fingerprint density at radius 3 is 2.75 bits per heavy atom. The lowest BCUT2D eigenvalue weighted by Crippen LogP contribution is -2.45. The van der Waals surface area contributed by atoms with E-state index in [1.165, 1.54) is 0 Å². The van der Waals surface area contributed by atoms with Crippen LogP contribution < -0.4 is 9.47 Å². The van der Waals surface area contributed by atoms with Crippen LogP contribution in [0.5, 0.6) is 11.5 Å². The third-order valence-corrected chi connectivity index (χ3v) is 3.24. The van der Waals surface area contributed by atoms with Crippen LogP contribution in [0.4, 0.5) is 0 Å². The maximum atomic E-state index is 9.11. The van der Waals surface area contributed by atoms with Gasteiger partial charge in [0.1, 0.15) is 6.61 Å². The Morgan fingerprint density at radius 2 is 2.05 bits per heavy atom. The summed E-state index contributed by atoms with van der Waals surface area (Å²) >= 11 is 0. The third-order valence-electron chi connectivity index (χ3n) is 3.24. The number of morpholine rings is 1. The van der Waals surface area contributed by atoms with Gasteiger partial charge < -0.3 is 19.3 Å². The Morgan fingerprint density at radius 1 is 1.30 bits per heavy atom. The zero-order chi connectivity index (χ0) is 14.2. The Hall–Kier alpha value is -1.30. The number of aliphatic hydroxyl groups excluding tert-OH is 1. The molecule has 20 heavy (non-hydrogen) atoms. The molecule has 1 atom stereocenters. The summed E-state index contributed by atoms with van der Waals surface area (Å²) in [7, 11) is 0. The van der Waals surface area contributed by atoms with Gasteiger partial charge in [-0.05, 0) is 19.1 Å². The molecule has 1 saturated heterocycles. The van der Waals surface area contributed by atoms with Crippen LogP contribution in [0.1, 0.15) is 6.92 Å². The summed E-state index contributed by atoms with van der Waals surface area (Å²) in [5.74, 6) is 1.56. The summed E-state index contributed by atoms with van der Waals surface area (Å²) in [6, 6.07) is 7.70. The summed E-state index contributed by atoms with van der Waals surface area (Å²) in [6.45, 7) is 6.38. The van der Waals surface area contributed by atoms with Gasteiger partial charge in [-0.3, -0.25) is 4.90 Å². The van der Waals surface area contributed by atoms with Crippen molar-refractivity contribution in [1.29, 1.82) is 0 Å². The van der Waals surface area contributed by atoms with Crippen molar-refractivity contribution in [2.75, 3.05) is 46.1 Å². The molecule has 112 valence electrons. The van der Waals surface area contributed by atoms with E-state index in [1.807, 2.05) is 31.2 Å². The van der Waals surface area contributed by atoms with Gasteiger partial charge in [0.15, 0.2) is 11.5 Å². The van der Waals surface area contributed by atoms with Gasteiger partial charge in [-0.25, -0.2) is 0 Å². The van der Waals surface area contributed by atoms with Gasteiger partial charge in [0.05, 0.1) is 25.9 Å². The molecule has 0 saturated carbocycles. The quantitative estimate of drug-likeness (QED) is 0.813. The average molecular weight is 281 g/mol. The SMILES string of the molecule is CCOc1ccccc1OCCN1CCOC(CO)C1. The highest BCUT2D eigenvalue weighted by molar-refractivity contribution is 5.39. The summed E-state index contributed by atoms with van der Waals surface area (Å²) in [4.78, 5) is 2.24. The molecule has 5 nitrogen and oxygen atoms in total. The molecule has 1 unspecified atom stereocenters. The fourth-order valence-corrected chi connectivity index (χ4v) is 2.22. The highest BCUT2D eigenvalue weighted by Crippen LogP contribution is 2.26. The van der Waals surface area contributed by atoms with Crippen molar-refractivity contribution in [2.24, 2.45) is 0 Å². The Bertz CT molecular complexity index is 399. The van der Waals surface area contributed by atoms with Gasteiger partial charge >= 0.3 is 0 Å². The highest BCUT2D eigenvalue weighted by Gasteiger charge is 2.19. The average Bonchev–Trinajstić information content (AvgIpc) is 2.49. The Labute approximate surface area is 120 Å². The highest BCUT2D eigenvalue weighted by atomic mass is 16.5. The molecule has 1 aromatic carbocycles. The van der Waals surface area contributed by atoms with Crippen LogP contribution >= 0.6 is 0 Å². The number of para-hydroxylation sites is 2. The van der Waals surface area contributed by atoms with E-state index in [1.54, 1.807) is 0 Å². The lowest BCUT2D eigenvalue weighted by atomic mass is 10.3. The second-order valence-corrected chi connectivity index (χ2v) is 4.70. The van der Waals surface area contributed by atoms with Crippen molar-refractivity contribution in [2.45, 2.75) is 13.0 Å². The molecule has 0 amide bonds. The molecule has 0 aliphatic carbocycles. The molecule has 1 aromatic rings. The number of rotatable bonds is 7. The van der Waals surface area contributed by atoms with Crippen molar-refractivity contribution < 1.29 is 19.3 Å². The molecule has 0 radical (unpaired) electrons. The molecule has 0 bridgehead atoms. The number of aliphatic hydroxyl groups is 1. The molecular formula is C15H23NO4. The Kier molecular flexibility index (Phi) is 6.11. The topological polar surface area (TPSA) is 51.2 Å². The predicted molar refractivity (Wildman–Crippen MR) is 76.4 cm³/mol. The van der Waals surface area contributed by atoms with Crippen molar-refractivity contribution in [3.63, 3.8) is 0 Å². The van der Waals surface area contributed by atoms with Crippen molar-refractivity contribution in [3.8, 4) is 11.5 Å². The largest absolute Gasteiger partial charge is 0.490 e. The van der Waals surface area contributed by atoms with Gasteiger partial charge in [-0.1, -0.05) is 12.1 Å². The molecule has 5 heteroatoms. The second-order valence-electron chi connectivity index (χ2n) is 4.70. The van der Waals surface area contributed by atoms with Crippen molar-refractivity contribution in [3.05, 3.63) is 24.3 Å². The third kappa shape index (κ3) is 4.37. The minimum absolute atomic E-state index is 0.0699. The van der Waals surface area contributed by atoms with Crippen LogP contribution in [0.25, 0.3) is 0 Å². The molecule has 1 aliphatic heterocycles.